The van der Waals surface area contributed by atoms with Gasteiger partial charge in [-0.15, -0.1) is 0 Å². The van der Waals surface area contributed by atoms with E-state index in [-0.39, 0.29) is 0 Å². The summed E-state index contributed by atoms with van der Waals surface area (Å²) in [7, 11) is 0. The van der Waals surface area contributed by atoms with Crippen LogP contribution in [-0.4, -0.2) is 31.2 Å². The van der Waals surface area contributed by atoms with Crippen LogP contribution in [0.5, 0.6) is 5.75 Å². The molecule has 1 unspecified atom stereocenters. The number of rotatable bonds is 4. The van der Waals surface area contributed by atoms with Gasteiger partial charge < -0.3 is 15.4 Å². The predicted octanol–water partition coefficient (Wildman–Crippen LogP) is 1.66. The molecule has 4 heteroatoms. The first-order valence-electron chi connectivity index (χ1n) is 6.38. The number of hydrogen-bond donors (Lipinski definition) is 1. The Morgan fingerprint density at radius 3 is 3.24 bits per heavy atom. The SMILES string of the molecule is CCOc1cccnc1N1CCCC(CN)C1. The molecule has 1 atom stereocenters. The number of nitrogens with zero attached hydrogens (tertiary/aromatic N) is 2. The summed E-state index contributed by atoms with van der Waals surface area (Å²) in [5.74, 6) is 2.43. The standard InChI is InChI=1S/C13H21N3O/c1-2-17-12-6-3-7-15-13(12)16-8-4-5-11(9-14)10-16/h3,6-7,11H,2,4-5,8-10,14H2,1H3. The van der Waals surface area contributed by atoms with E-state index in [2.05, 4.69) is 9.88 Å². The molecule has 0 radical (unpaired) electrons. The summed E-state index contributed by atoms with van der Waals surface area (Å²) in [4.78, 5) is 6.75. The van der Waals surface area contributed by atoms with Crippen molar-refractivity contribution in [2.75, 3.05) is 31.1 Å². The summed E-state index contributed by atoms with van der Waals surface area (Å²) < 4.78 is 5.62. The average Bonchev–Trinajstić information content (AvgIpc) is 2.40. The second-order valence-corrected chi connectivity index (χ2v) is 4.45. The summed E-state index contributed by atoms with van der Waals surface area (Å²) in [6, 6.07) is 3.90. The van der Waals surface area contributed by atoms with Crippen LogP contribution in [0, 0.1) is 5.92 Å². The fourth-order valence-electron chi connectivity index (χ4n) is 2.34. The highest BCUT2D eigenvalue weighted by Crippen LogP contribution is 2.29. The van der Waals surface area contributed by atoms with Crippen molar-refractivity contribution in [2.45, 2.75) is 19.8 Å². The molecule has 2 heterocycles. The molecule has 1 aliphatic heterocycles. The molecule has 4 nitrogen and oxygen atoms in total. The molecule has 17 heavy (non-hydrogen) atoms. The van der Waals surface area contributed by atoms with E-state index in [9.17, 15) is 0 Å². The molecule has 1 saturated heterocycles. The summed E-state index contributed by atoms with van der Waals surface area (Å²) in [5.41, 5.74) is 5.76. The summed E-state index contributed by atoms with van der Waals surface area (Å²) in [6.07, 6.45) is 4.23. The lowest BCUT2D eigenvalue weighted by Crippen LogP contribution is -2.39. The third-order valence-electron chi connectivity index (χ3n) is 3.20. The number of ether oxygens (including phenoxy) is 1. The molecule has 0 saturated carbocycles. The molecule has 0 aliphatic carbocycles. The highest BCUT2D eigenvalue weighted by molar-refractivity contribution is 5.52. The first-order chi connectivity index (χ1) is 8.35. The maximum absolute atomic E-state index is 5.76. The van der Waals surface area contributed by atoms with Crippen molar-refractivity contribution in [3.8, 4) is 5.75 Å². The fraction of sp³-hybridized carbons (Fsp3) is 0.615. The molecule has 2 rings (SSSR count). The Kier molecular flexibility index (Phi) is 4.20. The van der Waals surface area contributed by atoms with Gasteiger partial charge in [0.25, 0.3) is 0 Å². The molecule has 1 fully saturated rings. The normalized spacial score (nSPS) is 20.4. The summed E-state index contributed by atoms with van der Waals surface area (Å²) in [6.45, 7) is 5.47. The minimum atomic E-state index is 0.584. The first kappa shape index (κ1) is 12.2. The van der Waals surface area contributed by atoms with Crippen LogP contribution in [0.15, 0.2) is 18.3 Å². The van der Waals surface area contributed by atoms with Crippen LogP contribution in [0.1, 0.15) is 19.8 Å². The number of aromatic nitrogens is 1. The van der Waals surface area contributed by atoms with E-state index >= 15 is 0 Å². The quantitative estimate of drug-likeness (QED) is 0.862. The lowest BCUT2D eigenvalue weighted by atomic mass is 9.98. The van der Waals surface area contributed by atoms with Gasteiger partial charge in [-0.2, -0.15) is 0 Å². The largest absolute Gasteiger partial charge is 0.490 e. The molecular weight excluding hydrogens is 214 g/mol. The predicted molar refractivity (Wildman–Crippen MR) is 69.4 cm³/mol. The highest BCUT2D eigenvalue weighted by atomic mass is 16.5. The molecular formula is C13H21N3O. The molecule has 1 aromatic rings. The topological polar surface area (TPSA) is 51.4 Å². The fourth-order valence-corrected chi connectivity index (χ4v) is 2.34. The average molecular weight is 235 g/mol. The van der Waals surface area contributed by atoms with E-state index < -0.39 is 0 Å². The van der Waals surface area contributed by atoms with Gasteiger partial charge in [-0.05, 0) is 44.4 Å². The van der Waals surface area contributed by atoms with Crippen molar-refractivity contribution in [1.29, 1.82) is 0 Å². The van der Waals surface area contributed by atoms with Crippen molar-refractivity contribution in [3.63, 3.8) is 0 Å². The van der Waals surface area contributed by atoms with Crippen molar-refractivity contribution < 1.29 is 4.74 Å². The monoisotopic (exact) mass is 235 g/mol. The Labute approximate surface area is 103 Å². The zero-order chi connectivity index (χ0) is 12.1. The zero-order valence-electron chi connectivity index (χ0n) is 10.4. The molecule has 0 amide bonds. The molecule has 0 bridgehead atoms. The molecule has 0 spiro atoms. The maximum Gasteiger partial charge on any atom is 0.171 e. The lowest BCUT2D eigenvalue weighted by molar-refractivity contribution is 0.336. The number of piperidine rings is 1. The number of anilines is 1. The van der Waals surface area contributed by atoms with Gasteiger partial charge in [0.2, 0.25) is 0 Å². The Hall–Kier alpha value is -1.29. The van der Waals surface area contributed by atoms with Gasteiger partial charge >= 0.3 is 0 Å². The van der Waals surface area contributed by atoms with Crippen molar-refractivity contribution in [1.82, 2.24) is 4.98 Å². The van der Waals surface area contributed by atoms with Gasteiger partial charge in [0.05, 0.1) is 6.61 Å². The maximum atomic E-state index is 5.76. The Balaban J connectivity index is 2.15. The van der Waals surface area contributed by atoms with Crippen molar-refractivity contribution in [3.05, 3.63) is 18.3 Å². The minimum Gasteiger partial charge on any atom is -0.490 e. The Morgan fingerprint density at radius 1 is 1.59 bits per heavy atom. The number of hydrogen-bond acceptors (Lipinski definition) is 4. The molecule has 1 aromatic heterocycles. The van der Waals surface area contributed by atoms with Crippen molar-refractivity contribution in [2.24, 2.45) is 11.7 Å². The van der Waals surface area contributed by atoms with E-state index in [4.69, 9.17) is 10.5 Å². The van der Waals surface area contributed by atoms with Crippen LogP contribution < -0.4 is 15.4 Å². The van der Waals surface area contributed by atoms with E-state index in [0.29, 0.717) is 12.5 Å². The van der Waals surface area contributed by atoms with Crippen LogP contribution in [0.25, 0.3) is 0 Å². The first-order valence-corrected chi connectivity index (χ1v) is 6.38. The summed E-state index contributed by atoms with van der Waals surface area (Å²) >= 11 is 0. The van der Waals surface area contributed by atoms with E-state index in [1.807, 2.05) is 25.3 Å². The third kappa shape index (κ3) is 2.88. The van der Waals surface area contributed by atoms with Gasteiger partial charge in [-0.3, -0.25) is 0 Å². The van der Waals surface area contributed by atoms with Crippen LogP contribution >= 0.6 is 0 Å². The minimum absolute atomic E-state index is 0.584. The lowest BCUT2D eigenvalue weighted by Gasteiger charge is -2.33. The van der Waals surface area contributed by atoms with Crippen LogP contribution in [0.2, 0.25) is 0 Å². The van der Waals surface area contributed by atoms with Crippen LogP contribution in [-0.2, 0) is 0 Å². The zero-order valence-corrected chi connectivity index (χ0v) is 10.4. The summed E-state index contributed by atoms with van der Waals surface area (Å²) in [5, 5.41) is 0. The second kappa shape index (κ2) is 5.87. The second-order valence-electron chi connectivity index (χ2n) is 4.45. The van der Waals surface area contributed by atoms with E-state index in [1.165, 1.54) is 12.8 Å². The highest BCUT2D eigenvalue weighted by Gasteiger charge is 2.21. The van der Waals surface area contributed by atoms with E-state index in [0.717, 1.165) is 31.2 Å². The van der Waals surface area contributed by atoms with Gasteiger partial charge in [0.1, 0.15) is 0 Å². The van der Waals surface area contributed by atoms with Crippen molar-refractivity contribution >= 4 is 5.82 Å². The van der Waals surface area contributed by atoms with Crippen LogP contribution in [0.3, 0.4) is 0 Å². The third-order valence-corrected chi connectivity index (χ3v) is 3.20. The molecule has 0 aromatic carbocycles. The number of nitrogens with two attached hydrogens (primary N) is 1. The van der Waals surface area contributed by atoms with Gasteiger partial charge in [0.15, 0.2) is 11.6 Å². The number of pyridine rings is 1. The molecule has 94 valence electrons. The van der Waals surface area contributed by atoms with E-state index in [1.54, 1.807) is 0 Å². The Bertz CT molecular complexity index is 356. The molecule has 1 aliphatic rings. The smallest absolute Gasteiger partial charge is 0.171 e. The van der Waals surface area contributed by atoms with Crippen LogP contribution in [0.4, 0.5) is 5.82 Å². The van der Waals surface area contributed by atoms with Gasteiger partial charge in [-0.25, -0.2) is 4.98 Å². The van der Waals surface area contributed by atoms with Gasteiger partial charge in [-0.1, -0.05) is 0 Å². The van der Waals surface area contributed by atoms with Gasteiger partial charge in [0, 0.05) is 19.3 Å². The Morgan fingerprint density at radius 2 is 2.47 bits per heavy atom. The molecule has 2 N–H and O–H groups in total.